The number of nitrogens with zero attached hydrogens (tertiary/aromatic N) is 1. The molecule has 2 atom stereocenters. The van der Waals surface area contributed by atoms with Crippen LogP contribution in [0.4, 0.5) is 8.78 Å². The lowest BCUT2D eigenvalue weighted by atomic mass is 9.93. The summed E-state index contributed by atoms with van der Waals surface area (Å²) in [4.78, 5) is 25.0. The van der Waals surface area contributed by atoms with Crippen LogP contribution in [0.5, 0.6) is 0 Å². The van der Waals surface area contributed by atoms with Gasteiger partial charge in [-0.25, -0.2) is 8.78 Å². The first-order chi connectivity index (χ1) is 10.4. The number of nitrogens with two attached hydrogens (primary N) is 1. The molecule has 0 aliphatic carbocycles. The number of piperidine rings is 1. The molecule has 1 heterocycles. The molecule has 1 fully saturated rings. The van der Waals surface area contributed by atoms with E-state index >= 15 is 0 Å². The van der Waals surface area contributed by atoms with Crippen LogP contribution in [-0.4, -0.2) is 29.3 Å². The number of amides is 2. The van der Waals surface area contributed by atoms with Gasteiger partial charge in [0.1, 0.15) is 11.6 Å². The number of benzene rings is 1. The predicted octanol–water partition coefficient (Wildman–Crippen LogP) is 2.09. The van der Waals surface area contributed by atoms with Gasteiger partial charge in [-0.3, -0.25) is 9.59 Å². The van der Waals surface area contributed by atoms with Crippen molar-refractivity contribution in [1.29, 1.82) is 0 Å². The molecule has 0 bridgehead atoms. The van der Waals surface area contributed by atoms with Crippen molar-refractivity contribution in [3.05, 3.63) is 41.5 Å². The van der Waals surface area contributed by atoms with E-state index in [9.17, 15) is 18.4 Å². The van der Waals surface area contributed by atoms with E-state index in [0.717, 1.165) is 24.3 Å². The Labute approximate surface area is 127 Å². The van der Waals surface area contributed by atoms with Gasteiger partial charge in [0.2, 0.25) is 11.8 Å². The van der Waals surface area contributed by atoms with Gasteiger partial charge in [0.25, 0.3) is 0 Å². The molecule has 6 heteroatoms. The summed E-state index contributed by atoms with van der Waals surface area (Å²) in [5.41, 5.74) is 5.03. The second-order valence-electron chi connectivity index (χ2n) is 5.48. The third-order valence-corrected chi connectivity index (χ3v) is 3.96. The molecule has 0 unspecified atom stereocenters. The van der Waals surface area contributed by atoms with Gasteiger partial charge in [-0.15, -0.1) is 0 Å². The number of likely N-dealkylation sites (tertiary alicyclic amines) is 1. The van der Waals surface area contributed by atoms with Crippen LogP contribution in [-0.2, 0) is 9.59 Å². The number of hydrogen-bond acceptors (Lipinski definition) is 2. The highest BCUT2D eigenvalue weighted by molar-refractivity contribution is 5.92. The first-order valence-corrected chi connectivity index (χ1v) is 7.12. The van der Waals surface area contributed by atoms with Crippen molar-refractivity contribution in [2.75, 3.05) is 6.54 Å². The third kappa shape index (κ3) is 3.50. The zero-order chi connectivity index (χ0) is 16.3. The minimum atomic E-state index is -0.731. The molecule has 4 nitrogen and oxygen atoms in total. The van der Waals surface area contributed by atoms with E-state index in [1.165, 1.54) is 11.0 Å². The number of primary amides is 1. The van der Waals surface area contributed by atoms with Crippen LogP contribution in [0, 0.1) is 17.6 Å². The highest BCUT2D eigenvalue weighted by atomic mass is 19.1. The number of carbonyl (C=O) groups is 2. The molecular formula is C16H18F2N2O2. The van der Waals surface area contributed by atoms with Gasteiger partial charge in [-0.2, -0.15) is 0 Å². The van der Waals surface area contributed by atoms with Crippen molar-refractivity contribution in [1.82, 2.24) is 4.90 Å². The van der Waals surface area contributed by atoms with Crippen molar-refractivity contribution in [2.24, 2.45) is 11.7 Å². The number of rotatable bonds is 3. The molecule has 22 heavy (non-hydrogen) atoms. The maximum Gasteiger partial charge on any atom is 0.246 e. The fraction of sp³-hybridized carbons (Fsp3) is 0.375. The van der Waals surface area contributed by atoms with E-state index in [1.54, 1.807) is 0 Å². The molecule has 1 aromatic carbocycles. The molecule has 1 aliphatic heterocycles. The Balaban J connectivity index is 2.13. The quantitative estimate of drug-likeness (QED) is 0.869. The maximum absolute atomic E-state index is 13.5. The summed E-state index contributed by atoms with van der Waals surface area (Å²) in [5, 5.41) is 0. The first-order valence-electron chi connectivity index (χ1n) is 7.12. The van der Waals surface area contributed by atoms with E-state index in [-0.39, 0.29) is 30.0 Å². The zero-order valence-corrected chi connectivity index (χ0v) is 12.3. The van der Waals surface area contributed by atoms with Gasteiger partial charge in [-0.05, 0) is 38.0 Å². The molecule has 0 aromatic heterocycles. The van der Waals surface area contributed by atoms with Crippen LogP contribution in [0.1, 0.15) is 25.3 Å². The fourth-order valence-electron chi connectivity index (χ4n) is 2.57. The summed E-state index contributed by atoms with van der Waals surface area (Å²) >= 11 is 0. The average molecular weight is 308 g/mol. The normalized spacial score (nSPS) is 22.0. The Hall–Kier alpha value is -2.24. The molecule has 1 saturated heterocycles. The van der Waals surface area contributed by atoms with Gasteiger partial charge in [0.15, 0.2) is 0 Å². The molecule has 0 spiro atoms. The van der Waals surface area contributed by atoms with Gasteiger partial charge < -0.3 is 10.6 Å². The van der Waals surface area contributed by atoms with E-state index in [1.807, 2.05) is 6.92 Å². The molecular weight excluding hydrogens is 290 g/mol. The fourth-order valence-corrected chi connectivity index (χ4v) is 2.57. The van der Waals surface area contributed by atoms with E-state index in [2.05, 4.69) is 0 Å². The topological polar surface area (TPSA) is 63.4 Å². The van der Waals surface area contributed by atoms with Crippen LogP contribution < -0.4 is 5.73 Å². The van der Waals surface area contributed by atoms with Gasteiger partial charge in [0.05, 0.1) is 5.92 Å². The van der Waals surface area contributed by atoms with Crippen molar-refractivity contribution in [3.8, 4) is 0 Å². The van der Waals surface area contributed by atoms with Crippen LogP contribution in [0.3, 0.4) is 0 Å². The summed E-state index contributed by atoms with van der Waals surface area (Å²) in [6, 6.07) is 3.46. The zero-order valence-electron chi connectivity index (χ0n) is 12.3. The minimum absolute atomic E-state index is 0.0433. The SMILES string of the molecule is C[C@@H]1CC[C@H](C(N)=O)CN1C(=O)/C=C\c1c(F)cccc1F. The van der Waals surface area contributed by atoms with Crippen molar-refractivity contribution in [2.45, 2.75) is 25.8 Å². The monoisotopic (exact) mass is 308 g/mol. The number of hydrogen-bond donors (Lipinski definition) is 1. The Kier molecular flexibility index (Phi) is 4.90. The second kappa shape index (κ2) is 6.68. The molecule has 1 aromatic rings. The van der Waals surface area contributed by atoms with Crippen molar-refractivity contribution >= 4 is 17.9 Å². The Morgan fingerprint density at radius 1 is 1.27 bits per heavy atom. The number of halogens is 2. The summed E-state index contributed by atoms with van der Waals surface area (Å²) in [6.07, 6.45) is 3.56. The van der Waals surface area contributed by atoms with E-state index in [4.69, 9.17) is 5.73 Å². The highest BCUT2D eigenvalue weighted by Crippen LogP contribution is 2.22. The molecule has 2 N–H and O–H groups in total. The van der Waals surface area contributed by atoms with Crippen molar-refractivity contribution < 1.29 is 18.4 Å². The third-order valence-electron chi connectivity index (χ3n) is 3.96. The Bertz CT molecular complexity index is 596. The van der Waals surface area contributed by atoms with Crippen molar-refractivity contribution in [3.63, 3.8) is 0 Å². The van der Waals surface area contributed by atoms with Gasteiger partial charge in [0, 0.05) is 24.2 Å². The molecule has 0 radical (unpaired) electrons. The molecule has 118 valence electrons. The van der Waals surface area contributed by atoms with Crippen LogP contribution >= 0.6 is 0 Å². The molecule has 2 rings (SSSR count). The maximum atomic E-state index is 13.5. The van der Waals surface area contributed by atoms with Gasteiger partial charge in [-0.1, -0.05) is 6.07 Å². The molecule has 0 saturated carbocycles. The molecule has 2 amide bonds. The van der Waals surface area contributed by atoms with E-state index in [0.29, 0.717) is 12.8 Å². The summed E-state index contributed by atoms with van der Waals surface area (Å²) in [6.45, 7) is 2.10. The Morgan fingerprint density at radius 2 is 1.91 bits per heavy atom. The second-order valence-corrected chi connectivity index (χ2v) is 5.48. The van der Waals surface area contributed by atoms with E-state index < -0.39 is 17.5 Å². The van der Waals surface area contributed by atoms with Crippen LogP contribution in [0.15, 0.2) is 24.3 Å². The highest BCUT2D eigenvalue weighted by Gasteiger charge is 2.30. The summed E-state index contributed by atoms with van der Waals surface area (Å²) in [7, 11) is 0. The van der Waals surface area contributed by atoms with Gasteiger partial charge >= 0.3 is 0 Å². The summed E-state index contributed by atoms with van der Waals surface area (Å²) in [5.74, 6) is -2.66. The minimum Gasteiger partial charge on any atom is -0.369 e. The Morgan fingerprint density at radius 3 is 2.50 bits per heavy atom. The first kappa shape index (κ1) is 16.1. The lowest BCUT2D eigenvalue weighted by Crippen LogP contribution is -2.48. The average Bonchev–Trinajstić information content (AvgIpc) is 2.46. The van der Waals surface area contributed by atoms with Crippen LogP contribution in [0.2, 0.25) is 0 Å². The largest absolute Gasteiger partial charge is 0.369 e. The summed E-state index contributed by atoms with van der Waals surface area (Å²) < 4.78 is 27.0. The number of carbonyl (C=O) groups excluding carboxylic acids is 2. The lowest BCUT2D eigenvalue weighted by Gasteiger charge is -2.36. The lowest BCUT2D eigenvalue weighted by molar-refractivity contribution is -0.133. The van der Waals surface area contributed by atoms with Crippen LogP contribution in [0.25, 0.3) is 6.08 Å². The predicted molar refractivity (Wildman–Crippen MR) is 78.5 cm³/mol. The smallest absolute Gasteiger partial charge is 0.246 e. The standard InChI is InChI=1S/C16H18F2N2O2/c1-10-5-6-11(16(19)22)9-20(10)15(21)8-7-12-13(17)3-2-4-14(12)18/h2-4,7-8,10-11H,5-6,9H2,1H3,(H2,19,22)/b8-7-/t10-,11+/m1/s1. The molecule has 1 aliphatic rings.